The zero-order chi connectivity index (χ0) is 10.4. The first-order valence-corrected chi connectivity index (χ1v) is 5.84. The maximum atomic E-state index is 3.47. The molecular formula is C12H17NS. The van der Waals surface area contributed by atoms with E-state index < -0.39 is 0 Å². The van der Waals surface area contributed by atoms with Gasteiger partial charge in [0.1, 0.15) is 0 Å². The van der Waals surface area contributed by atoms with Crippen LogP contribution in [0.4, 0.5) is 0 Å². The van der Waals surface area contributed by atoms with Gasteiger partial charge >= 0.3 is 0 Å². The minimum Gasteiger partial charge on any atom is -0.309 e. The van der Waals surface area contributed by atoms with Crippen molar-refractivity contribution in [1.29, 1.82) is 0 Å². The SMILES string of the molecule is CC#CCC(NCC)c1sccc1C. The molecule has 0 aromatic carbocycles. The molecule has 0 fully saturated rings. The Hall–Kier alpha value is -0.780. The van der Waals surface area contributed by atoms with E-state index in [4.69, 9.17) is 0 Å². The van der Waals surface area contributed by atoms with Crippen molar-refractivity contribution < 1.29 is 0 Å². The Bertz CT molecular complexity index is 330. The molecular weight excluding hydrogens is 190 g/mol. The summed E-state index contributed by atoms with van der Waals surface area (Å²) >= 11 is 1.82. The van der Waals surface area contributed by atoms with E-state index in [-0.39, 0.29) is 0 Å². The van der Waals surface area contributed by atoms with E-state index in [0.717, 1.165) is 13.0 Å². The van der Waals surface area contributed by atoms with Crippen LogP contribution in [0.5, 0.6) is 0 Å². The molecule has 1 aromatic heterocycles. The molecule has 1 atom stereocenters. The van der Waals surface area contributed by atoms with E-state index >= 15 is 0 Å². The van der Waals surface area contributed by atoms with Crippen LogP contribution >= 0.6 is 11.3 Å². The number of aryl methyl sites for hydroxylation is 1. The van der Waals surface area contributed by atoms with E-state index in [2.05, 4.69) is 42.5 Å². The van der Waals surface area contributed by atoms with E-state index in [1.165, 1.54) is 10.4 Å². The zero-order valence-electron chi connectivity index (χ0n) is 9.05. The summed E-state index contributed by atoms with van der Waals surface area (Å²) in [6.07, 6.45) is 0.908. The van der Waals surface area contributed by atoms with Crippen molar-refractivity contribution in [2.24, 2.45) is 0 Å². The quantitative estimate of drug-likeness (QED) is 0.748. The number of nitrogens with one attached hydrogen (secondary N) is 1. The van der Waals surface area contributed by atoms with Gasteiger partial charge in [0, 0.05) is 11.3 Å². The summed E-state index contributed by atoms with van der Waals surface area (Å²) < 4.78 is 0. The molecule has 0 spiro atoms. The average Bonchev–Trinajstić information content (AvgIpc) is 2.59. The Morgan fingerprint density at radius 1 is 1.57 bits per heavy atom. The normalized spacial score (nSPS) is 11.9. The number of hydrogen-bond acceptors (Lipinski definition) is 2. The van der Waals surface area contributed by atoms with Gasteiger partial charge in [-0.3, -0.25) is 0 Å². The van der Waals surface area contributed by atoms with Crippen LogP contribution < -0.4 is 5.32 Å². The molecule has 2 heteroatoms. The standard InChI is InChI=1S/C12H17NS/c1-4-6-7-11(13-5-2)12-10(3)8-9-14-12/h8-9,11,13H,5,7H2,1-3H3. The van der Waals surface area contributed by atoms with Crippen LogP contribution in [-0.2, 0) is 0 Å². The Morgan fingerprint density at radius 2 is 2.36 bits per heavy atom. The summed E-state index contributed by atoms with van der Waals surface area (Å²) in [5.41, 5.74) is 1.37. The first kappa shape index (κ1) is 11.3. The summed E-state index contributed by atoms with van der Waals surface area (Å²) in [4.78, 5) is 1.43. The van der Waals surface area contributed by atoms with Gasteiger partial charge in [-0.1, -0.05) is 6.92 Å². The fourth-order valence-electron chi connectivity index (χ4n) is 1.45. The van der Waals surface area contributed by atoms with Gasteiger partial charge in [-0.05, 0) is 37.4 Å². The molecule has 0 saturated heterocycles. The molecule has 0 aliphatic carbocycles. The molecule has 0 amide bonds. The van der Waals surface area contributed by atoms with Gasteiger partial charge in [-0.15, -0.1) is 23.2 Å². The Kier molecular flexibility index (Phi) is 4.72. The van der Waals surface area contributed by atoms with Gasteiger partial charge in [0.15, 0.2) is 0 Å². The molecule has 0 aliphatic rings. The molecule has 1 unspecified atom stereocenters. The lowest BCUT2D eigenvalue weighted by atomic mass is 10.1. The second-order valence-corrected chi connectivity index (χ2v) is 4.16. The molecule has 0 aliphatic heterocycles. The second kappa shape index (κ2) is 5.85. The smallest absolute Gasteiger partial charge is 0.0528 e. The molecule has 14 heavy (non-hydrogen) atoms. The van der Waals surface area contributed by atoms with Crippen LogP contribution in [0.2, 0.25) is 0 Å². The Morgan fingerprint density at radius 3 is 2.86 bits per heavy atom. The lowest BCUT2D eigenvalue weighted by Gasteiger charge is -2.14. The first-order chi connectivity index (χ1) is 6.79. The molecule has 1 nitrogen and oxygen atoms in total. The van der Waals surface area contributed by atoms with Gasteiger partial charge in [-0.25, -0.2) is 0 Å². The largest absolute Gasteiger partial charge is 0.309 e. The van der Waals surface area contributed by atoms with Crippen LogP contribution in [0.1, 0.15) is 36.8 Å². The second-order valence-electron chi connectivity index (χ2n) is 3.21. The zero-order valence-corrected chi connectivity index (χ0v) is 9.87. The molecule has 1 N–H and O–H groups in total. The summed E-state index contributed by atoms with van der Waals surface area (Å²) in [7, 11) is 0. The first-order valence-electron chi connectivity index (χ1n) is 4.96. The predicted molar refractivity (Wildman–Crippen MR) is 63.5 cm³/mol. The molecule has 0 bridgehead atoms. The van der Waals surface area contributed by atoms with Crippen LogP contribution in [0.25, 0.3) is 0 Å². The highest BCUT2D eigenvalue weighted by molar-refractivity contribution is 7.10. The predicted octanol–water partition coefficient (Wildman–Crippen LogP) is 3.12. The fourth-order valence-corrected chi connectivity index (χ4v) is 2.45. The fraction of sp³-hybridized carbons (Fsp3) is 0.500. The third-order valence-corrected chi connectivity index (χ3v) is 3.28. The minimum atomic E-state index is 0.410. The van der Waals surface area contributed by atoms with Crippen LogP contribution in [0, 0.1) is 18.8 Å². The van der Waals surface area contributed by atoms with Crippen molar-refractivity contribution in [3.63, 3.8) is 0 Å². The molecule has 1 aromatic rings. The highest BCUT2D eigenvalue weighted by Crippen LogP contribution is 2.25. The van der Waals surface area contributed by atoms with Gasteiger partial charge in [0.05, 0.1) is 6.04 Å². The molecule has 1 heterocycles. The lowest BCUT2D eigenvalue weighted by molar-refractivity contribution is 0.571. The Balaban J connectivity index is 2.75. The van der Waals surface area contributed by atoms with Gasteiger partial charge in [0.25, 0.3) is 0 Å². The maximum absolute atomic E-state index is 3.47. The van der Waals surface area contributed by atoms with E-state index in [1.807, 2.05) is 18.3 Å². The van der Waals surface area contributed by atoms with Crippen molar-refractivity contribution in [1.82, 2.24) is 5.32 Å². The van der Waals surface area contributed by atoms with Crippen molar-refractivity contribution in [3.05, 3.63) is 21.9 Å². The lowest BCUT2D eigenvalue weighted by Crippen LogP contribution is -2.20. The number of hydrogen-bond donors (Lipinski definition) is 1. The van der Waals surface area contributed by atoms with E-state index in [0.29, 0.717) is 6.04 Å². The highest BCUT2D eigenvalue weighted by atomic mass is 32.1. The van der Waals surface area contributed by atoms with Crippen molar-refractivity contribution in [2.75, 3.05) is 6.54 Å². The monoisotopic (exact) mass is 207 g/mol. The van der Waals surface area contributed by atoms with E-state index in [9.17, 15) is 0 Å². The molecule has 0 saturated carbocycles. The van der Waals surface area contributed by atoms with Gasteiger partial charge in [-0.2, -0.15) is 0 Å². The number of thiophene rings is 1. The summed E-state index contributed by atoms with van der Waals surface area (Å²) in [6, 6.07) is 2.58. The van der Waals surface area contributed by atoms with Crippen molar-refractivity contribution in [2.45, 2.75) is 33.2 Å². The molecule has 1 rings (SSSR count). The molecule has 0 radical (unpaired) electrons. The Labute approximate surface area is 90.5 Å². The topological polar surface area (TPSA) is 12.0 Å². The van der Waals surface area contributed by atoms with Crippen LogP contribution in [-0.4, -0.2) is 6.54 Å². The van der Waals surface area contributed by atoms with Crippen LogP contribution in [0.15, 0.2) is 11.4 Å². The third kappa shape index (κ3) is 2.87. The van der Waals surface area contributed by atoms with Gasteiger partial charge in [0.2, 0.25) is 0 Å². The third-order valence-electron chi connectivity index (χ3n) is 2.15. The van der Waals surface area contributed by atoms with Gasteiger partial charge < -0.3 is 5.32 Å². The average molecular weight is 207 g/mol. The van der Waals surface area contributed by atoms with Crippen molar-refractivity contribution >= 4 is 11.3 Å². The number of rotatable bonds is 4. The van der Waals surface area contributed by atoms with Crippen LogP contribution in [0.3, 0.4) is 0 Å². The minimum absolute atomic E-state index is 0.410. The molecule has 76 valence electrons. The summed E-state index contributed by atoms with van der Waals surface area (Å²) in [5.74, 6) is 6.10. The maximum Gasteiger partial charge on any atom is 0.0528 e. The summed E-state index contributed by atoms with van der Waals surface area (Å²) in [5, 5.41) is 5.62. The van der Waals surface area contributed by atoms with E-state index in [1.54, 1.807) is 0 Å². The summed E-state index contributed by atoms with van der Waals surface area (Å²) in [6.45, 7) is 7.18. The van der Waals surface area contributed by atoms with Crippen molar-refractivity contribution in [3.8, 4) is 11.8 Å². The highest BCUT2D eigenvalue weighted by Gasteiger charge is 2.12.